The summed E-state index contributed by atoms with van der Waals surface area (Å²) in [6, 6.07) is 9.50. The largest absolute Gasteiger partial charge is 0.493 e. The number of hydrogen-bond donors (Lipinski definition) is 2. The van der Waals surface area contributed by atoms with Crippen LogP contribution in [-0.4, -0.2) is 24.5 Å². The SMILES string of the molecule is COc1ccc(/C(N)=N/N)cc1OCC1=CCC=C(OCc2ccc3c(n2)CCCC=C3)C=C1. The van der Waals surface area contributed by atoms with Crippen LogP contribution in [0.5, 0.6) is 11.5 Å². The minimum atomic E-state index is 0.229. The lowest BCUT2D eigenvalue weighted by Gasteiger charge is -2.12. The lowest BCUT2D eigenvalue weighted by molar-refractivity contribution is 0.206. The number of amidine groups is 1. The molecule has 0 spiro atoms. The van der Waals surface area contributed by atoms with Gasteiger partial charge in [0.05, 0.1) is 12.8 Å². The number of aryl methyl sites for hydroxylation is 1. The van der Waals surface area contributed by atoms with Crippen molar-refractivity contribution in [3.8, 4) is 11.5 Å². The summed E-state index contributed by atoms with van der Waals surface area (Å²) in [6.45, 7) is 0.810. The van der Waals surface area contributed by atoms with Crippen molar-refractivity contribution in [2.24, 2.45) is 16.7 Å². The van der Waals surface area contributed by atoms with Crippen molar-refractivity contribution < 1.29 is 14.2 Å². The van der Waals surface area contributed by atoms with Crippen LogP contribution < -0.4 is 21.1 Å². The predicted octanol–water partition coefficient (Wildman–Crippen LogP) is 4.38. The number of pyridine rings is 1. The number of allylic oxidation sites excluding steroid dienone is 4. The molecule has 4 N–H and O–H groups in total. The van der Waals surface area contributed by atoms with Crippen LogP contribution in [0.15, 0.2) is 77.1 Å². The van der Waals surface area contributed by atoms with E-state index in [4.69, 9.17) is 30.8 Å². The maximum Gasteiger partial charge on any atom is 0.162 e. The number of nitrogens with zero attached hydrogens (tertiary/aromatic N) is 2. The average Bonchev–Trinajstić information content (AvgIpc) is 3.25. The van der Waals surface area contributed by atoms with E-state index in [1.54, 1.807) is 25.3 Å². The number of aromatic nitrogens is 1. The molecule has 2 aliphatic carbocycles. The van der Waals surface area contributed by atoms with Crippen LogP contribution >= 0.6 is 0 Å². The van der Waals surface area contributed by atoms with Crippen molar-refractivity contribution in [2.45, 2.75) is 32.3 Å². The third-order valence-corrected chi connectivity index (χ3v) is 5.69. The van der Waals surface area contributed by atoms with Gasteiger partial charge < -0.3 is 25.8 Å². The molecule has 0 atom stereocenters. The van der Waals surface area contributed by atoms with Crippen molar-refractivity contribution in [1.82, 2.24) is 4.98 Å². The molecule has 4 rings (SSSR count). The molecule has 0 saturated carbocycles. The minimum absolute atomic E-state index is 0.229. The molecule has 1 aromatic heterocycles. The molecule has 1 heterocycles. The zero-order valence-electron chi connectivity index (χ0n) is 19.4. The lowest BCUT2D eigenvalue weighted by atomic mass is 10.1. The van der Waals surface area contributed by atoms with E-state index in [-0.39, 0.29) is 5.84 Å². The fourth-order valence-electron chi connectivity index (χ4n) is 3.79. The maximum atomic E-state index is 6.03. The Hall–Kier alpha value is -4.00. The first kappa shape index (κ1) is 23.2. The molecule has 176 valence electrons. The number of ether oxygens (including phenoxy) is 3. The van der Waals surface area contributed by atoms with Gasteiger partial charge >= 0.3 is 0 Å². The van der Waals surface area contributed by atoms with Gasteiger partial charge in [-0.1, -0.05) is 30.4 Å². The second-order valence-corrected chi connectivity index (χ2v) is 8.05. The van der Waals surface area contributed by atoms with Crippen molar-refractivity contribution in [3.63, 3.8) is 0 Å². The molecule has 0 unspecified atom stereocenters. The van der Waals surface area contributed by atoms with Gasteiger partial charge in [-0.3, -0.25) is 4.98 Å². The van der Waals surface area contributed by atoms with Gasteiger partial charge in [0.15, 0.2) is 11.5 Å². The number of benzene rings is 1. The highest BCUT2D eigenvalue weighted by Gasteiger charge is 2.10. The number of rotatable bonds is 8. The van der Waals surface area contributed by atoms with Crippen LogP contribution in [0, 0.1) is 0 Å². The van der Waals surface area contributed by atoms with Gasteiger partial charge in [-0.2, -0.15) is 5.10 Å². The van der Waals surface area contributed by atoms with Crippen molar-refractivity contribution in [2.75, 3.05) is 13.7 Å². The number of hydrazone groups is 1. The van der Waals surface area contributed by atoms with E-state index in [2.05, 4.69) is 35.5 Å². The average molecular weight is 459 g/mol. The smallest absolute Gasteiger partial charge is 0.162 e. The summed E-state index contributed by atoms with van der Waals surface area (Å²) in [4.78, 5) is 4.80. The van der Waals surface area contributed by atoms with E-state index in [0.29, 0.717) is 30.3 Å². The highest BCUT2D eigenvalue weighted by molar-refractivity contribution is 5.97. The molecule has 0 radical (unpaired) electrons. The van der Waals surface area contributed by atoms with Gasteiger partial charge in [-0.15, -0.1) is 0 Å². The molecular weight excluding hydrogens is 428 g/mol. The monoisotopic (exact) mass is 458 g/mol. The van der Waals surface area contributed by atoms with Gasteiger partial charge in [-0.25, -0.2) is 0 Å². The maximum absolute atomic E-state index is 6.03. The summed E-state index contributed by atoms with van der Waals surface area (Å²) in [5.74, 6) is 7.51. The van der Waals surface area contributed by atoms with Gasteiger partial charge in [0.25, 0.3) is 0 Å². The molecule has 7 nitrogen and oxygen atoms in total. The molecule has 2 aromatic rings. The molecule has 2 aliphatic rings. The number of fused-ring (bicyclic) bond motifs is 1. The topological polar surface area (TPSA) is 105 Å². The van der Waals surface area contributed by atoms with E-state index in [1.807, 2.05) is 18.2 Å². The number of hydrogen-bond acceptors (Lipinski definition) is 6. The Morgan fingerprint density at radius 3 is 2.79 bits per heavy atom. The van der Waals surface area contributed by atoms with E-state index < -0.39 is 0 Å². The molecule has 0 bridgehead atoms. The molecule has 0 saturated heterocycles. The van der Waals surface area contributed by atoms with E-state index >= 15 is 0 Å². The highest BCUT2D eigenvalue weighted by Crippen LogP contribution is 2.29. The lowest BCUT2D eigenvalue weighted by Crippen LogP contribution is -2.15. The Morgan fingerprint density at radius 2 is 1.94 bits per heavy atom. The Kier molecular flexibility index (Phi) is 7.65. The highest BCUT2D eigenvalue weighted by atomic mass is 16.5. The third kappa shape index (κ3) is 5.86. The normalized spacial score (nSPS) is 15.5. The van der Waals surface area contributed by atoms with Crippen LogP contribution in [0.25, 0.3) is 6.08 Å². The van der Waals surface area contributed by atoms with E-state index in [0.717, 1.165) is 48.4 Å². The zero-order valence-corrected chi connectivity index (χ0v) is 19.4. The third-order valence-electron chi connectivity index (χ3n) is 5.69. The Balaban J connectivity index is 1.34. The molecule has 34 heavy (non-hydrogen) atoms. The molecular formula is C27H30N4O3. The fraction of sp³-hybridized carbons (Fsp3) is 0.259. The second-order valence-electron chi connectivity index (χ2n) is 8.05. The summed E-state index contributed by atoms with van der Waals surface area (Å²) in [6.07, 6.45) is 16.5. The fourth-order valence-corrected chi connectivity index (χ4v) is 3.79. The summed E-state index contributed by atoms with van der Waals surface area (Å²) >= 11 is 0. The van der Waals surface area contributed by atoms with Gasteiger partial charge in [-0.05, 0) is 73.2 Å². The van der Waals surface area contributed by atoms with Crippen molar-refractivity contribution in [1.29, 1.82) is 0 Å². The van der Waals surface area contributed by atoms with Gasteiger partial charge in [0.2, 0.25) is 0 Å². The molecule has 7 heteroatoms. The molecule has 0 fully saturated rings. The van der Waals surface area contributed by atoms with Crippen LogP contribution in [-0.2, 0) is 17.8 Å². The van der Waals surface area contributed by atoms with E-state index in [9.17, 15) is 0 Å². The van der Waals surface area contributed by atoms with Crippen molar-refractivity contribution in [3.05, 3.63) is 94.6 Å². The Morgan fingerprint density at radius 1 is 1.03 bits per heavy atom. The van der Waals surface area contributed by atoms with Crippen molar-refractivity contribution >= 4 is 11.9 Å². The molecule has 0 aliphatic heterocycles. The van der Waals surface area contributed by atoms with Crippen LogP contribution in [0.3, 0.4) is 0 Å². The first-order valence-corrected chi connectivity index (χ1v) is 11.4. The summed E-state index contributed by atoms with van der Waals surface area (Å²) in [7, 11) is 1.59. The van der Waals surface area contributed by atoms with Crippen LogP contribution in [0.2, 0.25) is 0 Å². The first-order valence-electron chi connectivity index (χ1n) is 11.4. The summed E-state index contributed by atoms with van der Waals surface area (Å²) in [5.41, 5.74) is 10.8. The zero-order chi connectivity index (χ0) is 23.8. The Labute approximate surface area is 200 Å². The first-order chi connectivity index (χ1) is 16.7. The number of methoxy groups -OCH3 is 1. The van der Waals surface area contributed by atoms with E-state index in [1.165, 1.54) is 5.56 Å². The van der Waals surface area contributed by atoms with Crippen LogP contribution in [0.1, 0.15) is 41.8 Å². The van der Waals surface area contributed by atoms with Gasteiger partial charge in [0, 0.05) is 11.3 Å². The standard InChI is InChI=1S/C27H30N4O3/c1-32-25-15-12-21(27(28)31-29)16-26(25)34-17-19-6-5-8-23(14-10-19)33-18-22-13-11-20-7-3-2-4-9-24(20)30-22/h3,6-8,10-16H,2,4-5,9,17-18,29H2,1H3,(H2,28,31). The van der Waals surface area contributed by atoms with Gasteiger partial charge in [0.1, 0.15) is 24.8 Å². The second kappa shape index (κ2) is 11.2. The molecule has 1 aromatic carbocycles. The Bertz CT molecular complexity index is 1180. The summed E-state index contributed by atoms with van der Waals surface area (Å²) in [5, 5.41) is 3.54. The summed E-state index contributed by atoms with van der Waals surface area (Å²) < 4.78 is 17.4. The number of nitrogens with two attached hydrogens (primary N) is 2. The molecule has 0 amide bonds. The predicted molar refractivity (Wildman–Crippen MR) is 134 cm³/mol. The minimum Gasteiger partial charge on any atom is -0.493 e. The quantitative estimate of drug-likeness (QED) is 0.263. The van der Waals surface area contributed by atoms with Crippen LogP contribution in [0.4, 0.5) is 0 Å².